The molecule has 1 fully saturated rings. The lowest BCUT2D eigenvalue weighted by atomic mass is 9.86. The van der Waals surface area contributed by atoms with Gasteiger partial charge in [0, 0.05) is 0 Å². The highest BCUT2D eigenvalue weighted by atomic mass is 16.5. The zero-order chi connectivity index (χ0) is 15.3. The molecule has 0 aromatic heterocycles. The van der Waals surface area contributed by atoms with Crippen molar-refractivity contribution in [3.05, 3.63) is 35.4 Å². The van der Waals surface area contributed by atoms with Crippen LogP contribution in [-0.2, 0) is 10.2 Å². The Morgan fingerprint density at radius 3 is 2.29 bits per heavy atom. The summed E-state index contributed by atoms with van der Waals surface area (Å²) in [6.45, 7) is 10.7. The Labute approximate surface area is 130 Å². The molecule has 0 spiro atoms. The summed E-state index contributed by atoms with van der Waals surface area (Å²) in [5.74, 6) is 0. The molecule has 1 aliphatic rings. The maximum Gasteiger partial charge on any atom is 0.0665 e. The largest absolute Gasteiger partial charge is 0.376 e. The Kier molecular flexibility index (Phi) is 5.83. The normalized spacial score (nSPS) is 18.1. The van der Waals surface area contributed by atoms with Crippen LogP contribution in [0.15, 0.2) is 24.3 Å². The van der Waals surface area contributed by atoms with E-state index in [4.69, 9.17) is 4.74 Å². The first kappa shape index (κ1) is 16.5. The Morgan fingerprint density at radius 1 is 1.14 bits per heavy atom. The summed E-state index contributed by atoms with van der Waals surface area (Å²) >= 11 is 0. The first-order chi connectivity index (χ1) is 10.0. The maximum atomic E-state index is 6.11. The summed E-state index contributed by atoms with van der Waals surface area (Å²) in [5.41, 5.74) is 2.94. The van der Waals surface area contributed by atoms with E-state index in [1.54, 1.807) is 0 Å². The van der Waals surface area contributed by atoms with E-state index in [1.807, 2.05) is 0 Å². The Balaban J connectivity index is 1.99. The topological polar surface area (TPSA) is 21.3 Å². The summed E-state index contributed by atoms with van der Waals surface area (Å²) in [5, 5.41) is 3.56. The molecule has 0 amide bonds. The first-order valence-corrected chi connectivity index (χ1v) is 8.46. The Bertz CT molecular complexity index is 412. The number of ether oxygens (including phenoxy) is 1. The zero-order valence-electron chi connectivity index (χ0n) is 14.1. The quantitative estimate of drug-likeness (QED) is 0.826. The van der Waals surface area contributed by atoms with Gasteiger partial charge in [-0.2, -0.15) is 0 Å². The minimum Gasteiger partial charge on any atom is -0.376 e. The molecule has 2 heteroatoms. The third-order valence-corrected chi connectivity index (χ3v) is 4.43. The van der Waals surface area contributed by atoms with Gasteiger partial charge in [-0.25, -0.2) is 0 Å². The fourth-order valence-electron chi connectivity index (χ4n) is 3.02. The van der Waals surface area contributed by atoms with Crippen LogP contribution in [0.1, 0.15) is 70.5 Å². The molecule has 0 heterocycles. The van der Waals surface area contributed by atoms with E-state index in [0.717, 1.165) is 13.2 Å². The number of likely N-dealkylation sites (N-methyl/N-ethyl adjacent to an activating group) is 1. The van der Waals surface area contributed by atoms with Crippen LogP contribution in [0.4, 0.5) is 0 Å². The van der Waals surface area contributed by atoms with Gasteiger partial charge >= 0.3 is 0 Å². The number of hydrogen-bond acceptors (Lipinski definition) is 2. The molecule has 1 unspecified atom stereocenters. The van der Waals surface area contributed by atoms with Crippen molar-refractivity contribution in [1.82, 2.24) is 5.32 Å². The molecule has 1 aliphatic carbocycles. The third-order valence-electron chi connectivity index (χ3n) is 4.43. The van der Waals surface area contributed by atoms with E-state index in [0.29, 0.717) is 12.1 Å². The summed E-state index contributed by atoms with van der Waals surface area (Å²) < 4.78 is 6.11. The van der Waals surface area contributed by atoms with Gasteiger partial charge in [0.25, 0.3) is 0 Å². The molecule has 21 heavy (non-hydrogen) atoms. The lowest BCUT2D eigenvalue weighted by molar-refractivity contribution is 0.0428. The van der Waals surface area contributed by atoms with E-state index >= 15 is 0 Å². The average molecular weight is 289 g/mol. The molecule has 1 saturated carbocycles. The van der Waals surface area contributed by atoms with E-state index in [1.165, 1.54) is 36.8 Å². The molecule has 0 saturated heterocycles. The number of benzene rings is 1. The van der Waals surface area contributed by atoms with Crippen molar-refractivity contribution in [2.45, 2.75) is 70.9 Å². The monoisotopic (exact) mass is 289 g/mol. The van der Waals surface area contributed by atoms with E-state index in [2.05, 4.69) is 57.3 Å². The molecule has 1 atom stereocenters. The van der Waals surface area contributed by atoms with Gasteiger partial charge in [-0.05, 0) is 35.9 Å². The molecule has 1 N–H and O–H groups in total. The fourth-order valence-corrected chi connectivity index (χ4v) is 3.02. The van der Waals surface area contributed by atoms with E-state index < -0.39 is 0 Å². The van der Waals surface area contributed by atoms with Crippen molar-refractivity contribution in [1.29, 1.82) is 0 Å². The summed E-state index contributed by atoms with van der Waals surface area (Å²) in [4.78, 5) is 0. The van der Waals surface area contributed by atoms with Gasteiger partial charge in [0.1, 0.15) is 0 Å². The molecule has 118 valence electrons. The fraction of sp³-hybridized carbons (Fsp3) is 0.684. The molecular weight excluding hydrogens is 258 g/mol. The van der Waals surface area contributed by atoms with Crippen molar-refractivity contribution in [2.75, 3.05) is 13.2 Å². The molecule has 1 aromatic carbocycles. The molecular formula is C19H31NO. The summed E-state index contributed by atoms with van der Waals surface area (Å²) in [7, 11) is 0. The highest BCUT2D eigenvalue weighted by molar-refractivity contribution is 5.29. The molecule has 0 radical (unpaired) electrons. The van der Waals surface area contributed by atoms with Crippen LogP contribution in [0, 0.1) is 0 Å². The van der Waals surface area contributed by atoms with Crippen LogP contribution < -0.4 is 5.32 Å². The van der Waals surface area contributed by atoms with Crippen LogP contribution >= 0.6 is 0 Å². The van der Waals surface area contributed by atoms with Gasteiger partial charge in [0.2, 0.25) is 0 Å². The van der Waals surface area contributed by atoms with Gasteiger partial charge in [-0.3, -0.25) is 0 Å². The minimum atomic E-state index is 0.215. The zero-order valence-corrected chi connectivity index (χ0v) is 14.1. The second kappa shape index (κ2) is 7.42. The number of nitrogens with one attached hydrogen (secondary N) is 1. The average Bonchev–Trinajstić information content (AvgIpc) is 2.96. The summed E-state index contributed by atoms with van der Waals surface area (Å²) in [6, 6.07) is 9.34. The van der Waals surface area contributed by atoms with Gasteiger partial charge in [0.15, 0.2) is 0 Å². The number of rotatable bonds is 6. The third kappa shape index (κ3) is 4.82. The smallest absolute Gasteiger partial charge is 0.0665 e. The first-order valence-electron chi connectivity index (χ1n) is 8.46. The maximum absolute atomic E-state index is 6.11. The highest BCUT2D eigenvalue weighted by Crippen LogP contribution is 2.26. The lowest BCUT2D eigenvalue weighted by Gasteiger charge is -2.23. The van der Waals surface area contributed by atoms with Crippen molar-refractivity contribution >= 4 is 0 Å². The molecule has 2 rings (SSSR count). The number of hydrogen-bond donors (Lipinski definition) is 1. The van der Waals surface area contributed by atoms with Gasteiger partial charge in [0.05, 0.1) is 18.8 Å². The SMILES string of the molecule is CCNC(COC1CCCC1)c1ccc(C(C)(C)C)cc1. The Hall–Kier alpha value is -0.860. The molecule has 1 aromatic rings. The van der Waals surface area contributed by atoms with E-state index in [-0.39, 0.29) is 5.41 Å². The predicted octanol–water partition coefficient (Wildman–Crippen LogP) is 4.59. The van der Waals surface area contributed by atoms with Gasteiger partial charge < -0.3 is 10.1 Å². The van der Waals surface area contributed by atoms with Crippen LogP contribution in [0.5, 0.6) is 0 Å². The van der Waals surface area contributed by atoms with Crippen molar-refractivity contribution in [3.8, 4) is 0 Å². The second-order valence-corrected chi connectivity index (χ2v) is 7.22. The van der Waals surface area contributed by atoms with Crippen LogP contribution in [0.3, 0.4) is 0 Å². The molecule has 0 bridgehead atoms. The van der Waals surface area contributed by atoms with Crippen molar-refractivity contribution in [3.63, 3.8) is 0 Å². The summed E-state index contributed by atoms with van der Waals surface area (Å²) in [6.07, 6.45) is 5.62. The van der Waals surface area contributed by atoms with E-state index in [9.17, 15) is 0 Å². The molecule has 0 aliphatic heterocycles. The van der Waals surface area contributed by atoms with Crippen molar-refractivity contribution in [2.24, 2.45) is 0 Å². The minimum absolute atomic E-state index is 0.215. The van der Waals surface area contributed by atoms with Gasteiger partial charge in [-0.1, -0.05) is 64.8 Å². The highest BCUT2D eigenvalue weighted by Gasteiger charge is 2.19. The second-order valence-electron chi connectivity index (χ2n) is 7.22. The molecule has 2 nitrogen and oxygen atoms in total. The standard InChI is InChI=1S/C19H31NO/c1-5-20-18(14-21-17-8-6-7-9-17)15-10-12-16(13-11-15)19(2,3)4/h10-13,17-18,20H,5-9,14H2,1-4H3. The van der Waals surface area contributed by atoms with Crippen LogP contribution in [0.25, 0.3) is 0 Å². The predicted molar refractivity (Wildman–Crippen MR) is 89.8 cm³/mol. The lowest BCUT2D eigenvalue weighted by Crippen LogP contribution is -2.27. The van der Waals surface area contributed by atoms with Gasteiger partial charge in [-0.15, -0.1) is 0 Å². The van der Waals surface area contributed by atoms with Crippen LogP contribution in [0.2, 0.25) is 0 Å². The van der Waals surface area contributed by atoms with Crippen LogP contribution in [-0.4, -0.2) is 19.3 Å². The van der Waals surface area contributed by atoms with Crippen molar-refractivity contribution < 1.29 is 4.74 Å². The Morgan fingerprint density at radius 2 is 1.76 bits per heavy atom.